The molecule has 2 aliphatic heterocycles. The molecule has 0 radical (unpaired) electrons. The average Bonchev–Trinajstić information content (AvgIpc) is 2.49. The maximum Gasteiger partial charge on any atom is 0.225 e. The minimum Gasteiger partial charge on any atom is -0.340 e. The van der Waals surface area contributed by atoms with Crippen LogP contribution in [-0.2, 0) is 4.79 Å². The van der Waals surface area contributed by atoms with Crippen molar-refractivity contribution in [1.29, 1.82) is 0 Å². The van der Waals surface area contributed by atoms with Gasteiger partial charge in [-0.25, -0.2) is 0 Å². The molecule has 0 bridgehead atoms. The lowest BCUT2D eigenvalue weighted by Crippen LogP contribution is -2.56. The van der Waals surface area contributed by atoms with Gasteiger partial charge in [-0.1, -0.05) is 13.8 Å². The van der Waals surface area contributed by atoms with Crippen LogP contribution in [0.25, 0.3) is 0 Å². The third-order valence-electron chi connectivity index (χ3n) is 4.75. The van der Waals surface area contributed by atoms with Gasteiger partial charge in [-0.05, 0) is 32.2 Å². The Balaban J connectivity index is 1.79. The Kier molecular flexibility index (Phi) is 5.64. The van der Waals surface area contributed by atoms with E-state index in [4.69, 9.17) is 0 Å². The Morgan fingerprint density at radius 2 is 1.89 bits per heavy atom. The Morgan fingerprint density at radius 1 is 1.21 bits per heavy atom. The molecule has 2 fully saturated rings. The van der Waals surface area contributed by atoms with Crippen LogP contribution in [-0.4, -0.2) is 61.0 Å². The molecule has 2 rings (SSSR count). The first-order valence-electron chi connectivity index (χ1n) is 7.99. The van der Waals surface area contributed by atoms with E-state index in [1.165, 1.54) is 19.4 Å². The van der Waals surface area contributed by atoms with Gasteiger partial charge in [0.1, 0.15) is 0 Å². The van der Waals surface area contributed by atoms with E-state index < -0.39 is 0 Å². The number of nitrogens with zero attached hydrogens (tertiary/aromatic N) is 2. The molecule has 0 aromatic heterocycles. The van der Waals surface area contributed by atoms with Gasteiger partial charge in [0.2, 0.25) is 5.91 Å². The smallest absolute Gasteiger partial charge is 0.225 e. The molecule has 1 atom stereocenters. The predicted molar refractivity (Wildman–Crippen MR) is 78.1 cm³/mol. The number of piperazine rings is 1. The van der Waals surface area contributed by atoms with Crippen molar-refractivity contribution in [2.75, 3.05) is 39.3 Å². The number of nitrogens with one attached hydrogen (secondary N) is 1. The summed E-state index contributed by atoms with van der Waals surface area (Å²) >= 11 is 0. The molecule has 0 aromatic carbocycles. The molecule has 2 heterocycles. The molecule has 1 N–H and O–H groups in total. The van der Waals surface area contributed by atoms with E-state index in [2.05, 4.69) is 29.0 Å². The Bertz CT molecular complexity index is 277. The quantitative estimate of drug-likeness (QED) is 0.834. The average molecular weight is 267 g/mol. The van der Waals surface area contributed by atoms with Crippen LogP contribution in [0.1, 0.15) is 39.5 Å². The van der Waals surface area contributed by atoms with Gasteiger partial charge in [0.05, 0.1) is 0 Å². The SMILES string of the molecule is CCC(CC)C(=O)N1CCN(C2CCCNC2)CC1. The third-order valence-corrected chi connectivity index (χ3v) is 4.75. The lowest BCUT2D eigenvalue weighted by atomic mass is 10.0. The number of carbonyl (C=O) groups is 1. The molecule has 1 unspecified atom stereocenters. The van der Waals surface area contributed by atoms with E-state index >= 15 is 0 Å². The number of hydrogen-bond donors (Lipinski definition) is 1. The standard InChI is InChI=1S/C15H29N3O/c1-3-13(4-2)15(19)18-10-8-17(9-11-18)14-6-5-7-16-12-14/h13-14,16H,3-12H2,1-2H3. The van der Waals surface area contributed by atoms with Gasteiger partial charge in [-0.15, -0.1) is 0 Å². The molecule has 0 saturated carbocycles. The van der Waals surface area contributed by atoms with Crippen LogP contribution in [0, 0.1) is 5.92 Å². The van der Waals surface area contributed by atoms with E-state index in [0.29, 0.717) is 11.9 Å². The molecule has 0 aromatic rings. The highest BCUT2D eigenvalue weighted by Gasteiger charge is 2.28. The largest absolute Gasteiger partial charge is 0.340 e. The van der Waals surface area contributed by atoms with Crippen LogP contribution in [0.4, 0.5) is 0 Å². The molecule has 1 amide bonds. The maximum absolute atomic E-state index is 12.3. The van der Waals surface area contributed by atoms with E-state index in [0.717, 1.165) is 45.6 Å². The van der Waals surface area contributed by atoms with Crippen LogP contribution in [0.3, 0.4) is 0 Å². The van der Waals surface area contributed by atoms with Crippen molar-refractivity contribution in [3.8, 4) is 0 Å². The second-order valence-electron chi connectivity index (χ2n) is 5.87. The first-order valence-corrected chi connectivity index (χ1v) is 7.99. The fourth-order valence-electron chi connectivity index (χ4n) is 3.35. The van der Waals surface area contributed by atoms with Crippen LogP contribution < -0.4 is 5.32 Å². The van der Waals surface area contributed by atoms with Crippen molar-refractivity contribution in [2.45, 2.75) is 45.6 Å². The van der Waals surface area contributed by atoms with E-state index in [1.54, 1.807) is 0 Å². The Hall–Kier alpha value is -0.610. The molecule has 4 heteroatoms. The number of rotatable bonds is 4. The minimum atomic E-state index is 0.239. The van der Waals surface area contributed by atoms with Gasteiger partial charge in [-0.2, -0.15) is 0 Å². The van der Waals surface area contributed by atoms with Gasteiger partial charge < -0.3 is 10.2 Å². The second-order valence-corrected chi connectivity index (χ2v) is 5.87. The lowest BCUT2D eigenvalue weighted by molar-refractivity contribution is -0.137. The van der Waals surface area contributed by atoms with E-state index in [1.807, 2.05) is 0 Å². The van der Waals surface area contributed by atoms with Crippen molar-refractivity contribution in [1.82, 2.24) is 15.1 Å². The summed E-state index contributed by atoms with van der Waals surface area (Å²) in [6.45, 7) is 10.5. The zero-order valence-electron chi connectivity index (χ0n) is 12.5. The first-order chi connectivity index (χ1) is 9.26. The molecule has 0 spiro atoms. The fourth-order valence-corrected chi connectivity index (χ4v) is 3.35. The maximum atomic E-state index is 12.3. The van der Waals surface area contributed by atoms with Crippen LogP contribution >= 0.6 is 0 Å². The lowest BCUT2D eigenvalue weighted by Gasteiger charge is -2.41. The molecule has 2 saturated heterocycles. The molecule has 19 heavy (non-hydrogen) atoms. The zero-order valence-corrected chi connectivity index (χ0v) is 12.5. The molecular formula is C15H29N3O. The molecule has 0 aliphatic carbocycles. The van der Waals surface area contributed by atoms with Crippen LogP contribution in [0.2, 0.25) is 0 Å². The number of amides is 1. The summed E-state index contributed by atoms with van der Waals surface area (Å²) < 4.78 is 0. The van der Waals surface area contributed by atoms with Gasteiger partial charge in [0, 0.05) is 44.7 Å². The van der Waals surface area contributed by atoms with Crippen molar-refractivity contribution in [3.63, 3.8) is 0 Å². The molecule has 110 valence electrons. The highest BCUT2D eigenvalue weighted by atomic mass is 16.2. The number of hydrogen-bond acceptors (Lipinski definition) is 3. The number of piperidine rings is 1. The van der Waals surface area contributed by atoms with E-state index in [-0.39, 0.29) is 5.92 Å². The van der Waals surface area contributed by atoms with Crippen molar-refractivity contribution >= 4 is 5.91 Å². The summed E-state index contributed by atoms with van der Waals surface area (Å²) in [5.74, 6) is 0.620. The predicted octanol–water partition coefficient (Wildman–Crippen LogP) is 1.32. The van der Waals surface area contributed by atoms with Gasteiger partial charge >= 0.3 is 0 Å². The zero-order chi connectivity index (χ0) is 13.7. The summed E-state index contributed by atoms with van der Waals surface area (Å²) in [5, 5.41) is 3.48. The normalized spacial score (nSPS) is 25.8. The van der Waals surface area contributed by atoms with E-state index in [9.17, 15) is 4.79 Å². The minimum absolute atomic E-state index is 0.239. The summed E-state index contributed by atoms with van der Waals surface area (Å²) in [6, 6.07) is 0.694. The summed E-state index contributed by atoms with van der Waals surface area (Å²) in [5.41, 5.74) is 0. The van der Waals surface area contributed by atoms with Crippen molar-refractivity contribution < 1.29 is 4.79 Å². The highest BCUT2D eigenvalue weighted by molar-refractivity contribution is 5.78. The van der Waals surface area contributed by atoms with Gasteiger partial charge in [0.15, 0.2) is 0 Å². The summed E-state index contributed by atoms with van der Waals surface area (Å²) in [6.07, 6.45) is 4.55. The summed E-state index contributed by atoms with van der Waals surface area (Å²) in [7, 11) is 0. The van der Waals surface area contributed by atoms with Crippen LogP contribution in [0.5, 0.6) is 0 Å². The third kappa shape index (κ3) is 3.69. The second kappa shape index (κ2) is 7.25. The van der Waals surface area contributed by atoms with Crippen molar-refractivity contribution in [3.05, 3.63) is 0 Å². The van der Waals surface area contributed by atoms with Crippen LogP contribution in [0.15, 0.2) is 0 Å². The number of carbonyl (C=O) groups excluding carboxylic acids is 1. The first kappa shape index (κ1) is 14.8. The summed E-state index contributed by atoms with van der Waals surface area (Å²) in [4.78, 5) is 17.0. The van der Waals surface area contributed by atoms with Gasteiger partial charge in [0.25, 0.3) is 0 Å². The van der Waals surface area contributed by atoms with Gasteiger partial charge in [-0.3, -0.25) is 9.69 Å². The highest BCUT2D eigenvalue weighted by Crippen LogP contribution is 2.17. The monoisotopic (exact) mass is 267 g/mol. The molecular weight excluding hydrogens is 238 g/mol. The Labute approximate surface area is 117 Å². The van der Waals surface area contributed by atoms with Crippen molar-refractivity contribution in [2.24, 2.45) is 5.92 Å². The topological polar surface area (TPSA) is 35.6 Å². The Morgan fingerprint density at radius 3 is 2.42 bits per heavy atom. The molecule has 4 nitrogen and oxygen atoms in total. The molecule has 2 aliphatic rings. The fraction of sp³-hybridized carbons (Fsp3) is 0.933.